The minimum Gasteiger partial charge on any atom is -0.480 e. The highest BCUT2D eigenvalue weighted by Gasteiger charge is 2.30. The normalized spacial score (nSPS) is 15.3. The maximum atomic E-state index is 12.9. The van der Waals surface area contributed by atoms with Crippen LogP contribution in [0.15, 0.2) is 30.3 Å². The number of rotatable bonds is 15. The van der Waals surface area contributed by atoms with Crippen LogP contribution in [0.5, 0.6) is 0 Å². The molecule has 1 rings (SSSR count). The fourth-order valence-corrected chi connectivity index (χ4v) is 3.34. The average Bonchev–Trinajstić information content (AvgIpc) is 2.81. The number of aliphatic carboxylic acids is 1. The van der Waals surface area contributed by atoms with Crippen molar-refractivity contribution in [1.82, 2.24) is 16.0 Å². The SMILES string of the molecule is CCC(C)C(NC(=O)C(C)NC(=O)C(CCCCN)NC(=O)C(N)Cc1ccccc1)C(=O)O. The molecule has 0 fully saturated rings. The van der Waals surface area contributed by atoms with Gasteiger partial charge in [-0.1, -0.05) is 50.6 Å². The van der Waals surface area contributed by atoms with Gasteiger partial charge in [0.2, 0.25) is 17.7 Å². The predicted molar refractivity (Wildman–Crippen MR) is 130 cm³/mol. The second kappa shape index (κ2) is 15.0. The topological polar surface area (TPSA) is 177 Å². The predicted octanol–water partition coefficient (Wildman–Crippen LogP) is 0.290. The number of benzene rings is 1. The zero-order valence-electron chi connectivity index (χ0n) is 20.3. The molecule has 0 radical (unpaired) electrons. The van der Waals surface area contributed by atoms with Gasteiger partial charge in [0.1, 0.15) is 18.1 Å². The van der Waals surface area contributed by atoms with E-state index in [9.17, 15) is 24.3 Å². The number of hydrogen-bond acceptors (Lipinski definition) is 6. The van der Waals surface area contributed by atoms with Gasteiger partial charge in [-0.2, -0.15) is 0 Å². The average molecular weight is 478 g/mol. The Bertz CT molecular complexity index is 804. The van der Waals surface area contributed by atoms with Crippen LogP contribution in [0.3, 0.4) is 0 Å². The molecule has 1 aromatic carbocycles. The lowest BCUT2D eigenvalue weighted by atomic mass is 9.99. The van der Waals surface area contributed by atoms with Gasteiger partial charge in [-0.05, 0) is 50.6 Å². The molecule has 0 aliphatic rings. The molecule has 5 atom stereocenters. The van der Waals surface area contributed by atoms with E-state index in [4.69, 9.17) is 11.5 Å². The molecule has 10 nitrogen and oxygen atoms in total. The Morgan fingerprint density at radius 2 is 1.59 bits per heavy atom. The van der Waals surface area contributed by atoms with Crippen molar-refractivity contribution >= 4 is 23.7 Å². The number of carboxylic acids is 1. The lowest BCUT2D eigenvalue weighted by Gasteiger charge is -2.25. The summed E-state index contributed by atoms with van der Waals surface area (Å²) >= 11 is 0. The van der Waals surface area contributed by atoms with Crippen molar-refractivity contribution in [2.24, 2.45) is 17.4 Å². The van der Waals surface area contributed by atoms with Crippen molar-refractivity contribution in [3.8, 4) is 0 Å². The van der Waals surface area contributed by atoms with Gasteiger partial charge in [-0.15, -0.1) is 0 Å². The van der Waals surface area contributed by atoms with E-state index in [1.807, 2.05) is 37.3 Å². The Morgan fingerprint density at radius 3 is 2.15 bits per heavy atom. The molecule has 1 aromatic rings. The maximum Gasteiger partial charge on any atom is 0.326 e. The molecule has 0 aliphatic carbocycles. The second-order valence-electron chi connectivity index (χ2n) is 8.58. The fraction of sp³-hybridized carbons (Fsp3) is 0.583. The van der Waals surface area contributed by atoms with Gasteiger partial charge >= 0.3 is 5.97 Å². The zero-order valence-corrected chi connectivity index (χ0v) is 20.3. The summed E-state index contributed by atoms with van der Waals surface area (Å²) in [7, 11) is 0. The van der Waals surface area contributed by atoms with Gasteiger partial charge in [0.05, 0.1) is 6.04 Å². The van der Waals surface area contributed by atoms with Crippen molar-refractivity contribution in [3.05, 3.63) is 35.9 Å². The molecule has 0 aliphatic heterocycles. The van der Waals surface area contributed by atoms with Crippen LogP contribution in [0, 0.1) is 5.92 Å². The monoisotopic (exact) mass is 477 g/mol. The van der Waals surface area contributed by atoms with Crippen LogP contribution in [0.25, 0.3) is 0 Å². The van der Waals surface area contributed by atoms with Crippen LogP contribution in [0.4, 0.5) is 0 Å². The Morgan fingerprint density at radius 1 is 0.941 bits per heavy atom. The summed E-state index contributed by atoms with van der Waals surface area (Å²) in [5, 5.41) is 17.1. The summed E-state index contributed by atoms with van der Waals surface area (Å²) < 4.78 is 0. The molecule has 34 heavy (non-hydrogen) atoms. The van der Waals surface area contributed by atoms with E-state index in [1.165, 1.54) is 6.92 Å². The molecule has 5 unspecified atom stereocenters. The second-order valence-corrected chi connectivity index (χ2v) is 8.58. The summed E-state index contributed by atoms with van der Waals surface area (Å²) in [5.74, 6) is -3.06. The van der Waals surface area contributed by atoms with E-state index < -0.39 is 47.9 Å². The van der Waals surface area contributed by atoms with E-state index in [2.05, 4.69) is 16.0 Å². The van der Waals surface area contributed by atoms with Crippen LogP contribution in [0.2, 0.25) is 0 Å². The minimum atomic E-state index is -1.14. The van der Waals surface area contributed by atoms with Gasteiger partial charge in [0.25, 0.3) is 0 Å². The lowest BCUT2D eigenvalue weighted by Crippen LogP contribution is -2.57. The van der Waals surface area contributed by atoms with Crippen molar-refractivity contribution in [1.29, 1.82) is 0 Å². The Hall–Kier alpha value is -2.98. The van der Waals surface area contributed by atoms with E-state index in [-0.39, 0.29) is 5.92 Å². The first kappa shape index (κ1) is 29.1. The third kappa shape index (κ3) is 9.88. The molecule has 0 saturated heterocycles. The molecule has 3 amide bonds. The van der Waals surface area contributed by atoms with Crippen molar-refractivity contribution in [3.63, 3.8) is 0 Å². The number of hydrogen-bond donors (Lipinski definition) is 6. The fourth-order valence-electron chi connectivity index (χ4n) is 3.34. The van der Waals surface area contributed by atoms with Gasteiger partial charge in [0, 0.05) is 0 Å². The largest absolute Gasteiger partial charge is 0.480 e. The number of carbonyl (C=O) groups is 4. The van der Waals surface area contributed by atoms with Crippen LogP contribution < -0.4 is 27.4 Å². The third-order valence-electron chi connectivity index (χ3n) is 5.74. The summed E-state index contributed by atoms with van der Waals surface area (Å²) in [6, 6.07) is 5.49. The van der Waals surface area contributed by atoms with Gasteiger partial charge in [0.15, 0.2) is 0 Å². The standard InChI is InChI=1S/C24H39N5O5/c1-4-15(2)20(24(33)34)29-21(30)16(3)27-23(32)19(12-8-9-13-25)28-22(31)18(26)14-17-10-6-5-7-11-17/h5-7,10-11,15-16,18-20H,4,8-9,12-14,25-26H2,1-3H3,(H,27,32)(H,28,31)(H,29,30)(H,33,34). The van der Waals surface area contributed by atoms with Crippen LogP contribution in [-0.4, -0.2) is 59.5 Å². The smallest absolute Gasteiger partial charge is 0.326 e. The first-order valence-electron chi connectivity index (χ1n) is 11.7. The number of nitrogens with two attached hydrogens (primary N) is 2. The van der Waals surface area contributed by atoms with E-state index in [0.29, 0.717) is 38.6 Å². The van der Waals surface area contributed by atoms with Gasteiger partial charge in [-0.25, -0.2) is 4.79 Å². The molecular weight excluding hydrogens is 438 g/mol. The third-order valence-corrected chi connectivity index (χ3v) is 5.74. The molecule has 0 bridgehead atoms. The zero-order chi connectivity index (χ0) is 25.7. The molecule has 10 heteroatoms. The Labute approximate surface area is 201 Å². The molecule has 190 valence electrons. The van der Waals surface area contributed by atoms with Crippen molar-refractivity contribution in [2.45, 2.75) is 77.0 Å². The summed E-state index contributed by atoms with van der Waals surface area (Å²) in [6.45, 7) is 5.46. The number of carbonyl (C=O) groups excluding carboxylic acids is 3. The highest BCUT2D eigenvalue weighted by molar-refractivity contribution is 5.94. The number of nitrogens with one attached hydrogen (secondary N) is 3. The Balaban J connectivity index is 2.78. The quantitative estimate of drug-likeness (QED) is 0.197. The van der Waals surface area contributed by atoms with Crippen LogP contribution >= 0.6 is 0 Å². The van der Waals surface area contributed by atoms with Crippen LogP contribution in [0.1, 0.15) is 52.0 Å². The van der Waals surface area contributed by atoms with E-state index in [0.717, 1.165) is 5.56 Å². The summed E-state index contributed by atoms with van der Waals surface area (Å²) in [6.07, 6.45) is 2.47. The maximum absolute atomic E-state index is 12.9. The van der Waals surface area contributed by atoms with Crippen molar-refractivity contribution in [2.75, 3.05) is 6.54 Å². The highest BCUT2D eigenvalue weighted by Crippen LogP contribution is 2.09. The Kier molecular flexibility index (Phi) is 12.8. The van der Waals surface area contributed by atoms with Gasteiger partial charge < -0.3 is 32.5 Å². The lowest BCUT2D eigenvalue weighted by molar-refractivity contribution is -0.143. The molecule has 0 spiro atoms. The number of unbranched alkanes of at least 4 members (excludes halogenated alkanes) is 1. The number of carboxylic acid groups (broad SMARTS) is 1. The molecule has 8 N–H and O–H groups in total. The van der Waals surface area contributed by atoms with E-state index >= 15 is 0 Å². The van der Waals surface area contributed by atoms with Crippen molar-refractivity contribution < 1.29 is 24.3 Å². The molecule has 0 saturated carbocycles. The summed E-state index contributed by atoms with van der Waals surface area (Å²) in [4.78, 5) is 49.5. The highest BCUT2D eigenvalue weighted by atomic mass is 16.4. The van der Waals surface area contributed by atoms with E-state index in [1.54, 1.807) is 6.92 Å². The molecular formula is C24H39N5O5. The first-order chi connectivity index (χ1) is 16.1. The van der Waals surface area contributed by atoms with Gasteiger partial charge in [-0.3, -0.25) is 14.4 Å². The van der Waals surface area contributed by atoms with Crippen LogP contribution in [-0.2, 0) is 25.6 Å². The first-order valence-corrected chi connectivity index (χ1v) is 11.7. The molecule has 0 aromatic heterocycles. The number of amides is 3. The minimum absolute atomic E-state index is 0.279. The summed E-state index contributed by atoms with van der Waals surface area (Å²) in [5.41, 5.74) is 12.5. The molecule has 0 heterocycles.